The van der Waals surface area contributed by atoms with Crippen molar-refractivity contribution in [3.63, 3.8) is 0 Å². The maximum Gasteiger partial charge on any atom is 0.340 e. The third-order valence-corrected chi connectivity index (χ3v) is 16.8. The van der Waals surface area contributed by atoms with E-state index in [0.717, 1.165) is 28.0 Å². The van der Waals surface area contributed by atoms with Gasteiger partial charge in [0.2, 0.25) is 21.0 Å². The molecule has 1 aliphatic heterocycles. The van der Waals surface area contributed by atoms with Gasteiger partial charge in [0, 0.05) is 125 Å². The normalized spacial score (nSPS) is 14.9. The molecule has 5 aromatic rings. The monoisotopic (exact) mass is 1620 g/mol. The van der Waals surface area contributed by atoms with E-state index in [2.05, 4.69) is 69.3 Å². The minimum atomic E-state index is -1.67. The summed E-state index contributed by atoms with van der Waals surface area (Å²) >= 11 is 5.74. The van der Waals surface area contributed by atoms with Crippen molar-refractivity contribution < 1.29 is 76.8 Å². The van der Waals surface area contributed by atoms with Crippen molar-refractivity contribution >= 4 is 107 Å². The molecule has 3 heterocycles. The fourth-order valence-electron chi connectivity index (χ4n) is 11.8. The molecule has 2 aliphatic rings. The van der Waals surface area contributed by atoms with Crippen LogP contribution in [0.2, 0.25) is 5.15 Å². The Balaban J connectivity index is 0.00000109. The van der Waals surface area contributed by atoms with E-state index >= 15 is 0 Å². The standard InChI is InChI=1S/C52H65N7O7.C11H14O3.C10H12ClNO2.C6H11NO2.CH3F.Cl2OS.ClH/c1-31-25-41(35-11-14-38(15-12-35)52(4,5)6)57-33(3)48(31)44(61)30-37(18-20-54)51(64)59(7)49-36-13-17-47(66-24-22-56)40(29-36)39-27-34(10-16-46(39)65-23-21-55)28-42(43(60)9-8-19-53)58-50(63)32(2)26-45(49)62;1-4-14-11(13)10-7(2)5-9(12)6-8(10)3;1-4-14-10(13)9-6(2)5-8(11)12-7(9)3;1-3-9-6(8)4-5(2)7;1-2;1-4(2)3;/h10-17,25,27,29,32,37,42,49H,8-9,18,20-24,26,28,30,54-56H2,1-7H3,(H,58,63);5H,4,6H2,1-3H3;5H,4H2,1-3H3;4H,3,7H2,1-2H3;1H3;;1H/b;;;5-4+;;;/t32-,37-,42+,49+;;;;;;/m1....../s1/i;;;;1D;;. The van der Waals surface area contributed by atoms with Gasteiger partial charge in [-0.15, -0.1) is 12.4 Å². The van der Waals surface area contributed by atoms with Crippen molar-refractivity contribution in [1.29, 1.82) is 5.26 Å². The maximum absolute atomic E-state index is 14.8. The topological polar surface area (TPSA) is 386 Å². The summed E-state index contributed by atoms with van der Waals surface area (Å²) in [4.78, 5) is 126. The van der Waals surface area contributed by atoms with Gasteiger partial charge in [0.1, 0.15) is 35.9 Å². The molecule has 2 aromatic heterocycles. The number of nitrogens with one attached hydrogen (secondary N) is 1. The summed E-state index contributed by atoms with van der Waals surface area (Å²) in [5, 5.41) is 12.5. The van der Waals surface area contributed by atoms with Gasteiger partial charge in [-0.1, -0.05) is 81.3 Å². The number of likely N-dealkylation sites (N-methyl/N-ethyl adjacent to an activating group) is 1. The molecule has 0 spiro atoms. The third-order valence-electron chi connectivity index (χ3n) is 16.6. The van der Waals surface area contributed by atoms with Gasteiger partial charge in [0.25, 0.3) is 0 Å². The van der Waals surface area contributed by atoms with Crippen molar-refractivity contribution in [3.05, 3.63) is 163 Å². The maximum atomic E-state index is 14.8. The van der Waals surface area contributed by atoms with Crippen LogP contribution in [-0.2, 0) is 68.8 Å². The first-order valence-corrected chi connectivity index (χ1v) is 38.4. The number of rotatable bonds is 23. The number of carbonyl (C=O) groups is 9. The number of alkyl halides is 1. The van der Waals surface area contributed by atoms with Gasteiger partial charge < -0.3 is 56.8 Å². The molecule has 110 heavy (non-hydrogen) atoms. The summed E-state index contributed by atoms with van der Waals surface area (Å²) in [7, 11) is 7.88. The van der Waals surface area contributed by atoms with E-state index < -0.39 is 57.9 Å². The van der Waals surface area contributed by atoms with Crippen LogP contribution in [0.4, 0.5) is 4.39 Å². The molecular formula is C80H106Cl4FN9O15S. The lowest BCUT2D eigenvalue weighted by Gasteiger charge is -2.32. The minimum Gasteiger partial charge on any atom is -0.492 e. The van der Waals surface area contributed by atoms with Crippen molar-refractivity contribution in [2.24, 2.45) is 34.8 Å². The number of halogens is 5. The quantitative estimate of drug-likeness (QED) is 0.0101. The highest BCUT2D eigenvalue weighted by molar-refractivity contribution is 8.26. The van der Waals surface area contributed by atoms with Gasteiger partial charge >= 0.3 is 17.9 Å². The van der Waals surface area contributed by atoms with E-state index in [1.165, 1.54) is 29.7 Å². The summed E-state index contributed by atoms with van der Waals surface area (Å²) in [6.07, 6.45) is 2.76. The minimum absolute atomic E-state index is 0. The number of aromatic nitrogens is 2. The first-order chi connectivity index (χ1) is 51.8. The third kappa shape index (κ3) is 31.9. The molecule has 0 unspecified atom stereocenters. The van der Waals surface area contributed by atoms with Crippen molar-refractivity contribution in [2.45, 2.75) is 159 Å². The van der Waals surface area contributed by atoms with E-state index in [1.54, 1.807) is 98.7 Å². The van der Waals surface area contributed by atoms with Crippen molar-refractivity contribution in [2.75, 3.05) is 66.9 Å². The number of Topliss-reactive ketones (excluding diaryl/α,β-unsaturated/α-hetero) is 3. The number of nitriles is 1. The molecule has 2 amide bonds. The molecule has 0 fully saturated rings. The Bertz CT molecular complexity index is 4140. The molecular weight excluding hydrogens is 1520 g/mol. The summed E-state index contributed by atoms with van der Waals surface area (Å²) in [6, 6.07) is 22.1. The number of allylic oxidation sites excluding steroid dienone is 3. The Morgan fingerprint density at radius 1 is 0.800 bits per heavy atom. The zero-order valence-corrected chi connectivity index (χ0v) is 69.2. The highest BCUT2D eigenvalue weighted by Crippen LogP contribution is 2.41. The fraction of sp³-hybridized carbons (Fsp3) is 0.450. The number of esters is 3. The van der Waals surface area contributed by atoms with Crippen LogP contribution in [0.25, 0.3) is 22.4 Å². The van der Waals surface area contributed by atoms with Gasteiger partial charge in [0.05, 0.1) is 63.0 Å². The largest absolute Gasteiger partial charge is 0.492 e. The molecule has 30 heteroatoms. The predicted molar refractivity (Wildman–Crippen MR) is 431 cm³/mol. The number of nitrogens with two attached hydrogens (primary N) is 4. The molecule has 0 saturated carbocycles. The molecule has 1 aliphatic carbocycles. The molecule has 9 N–H and O–H groups in total. The van der Waals surface area contributed by atoms with Gasteiger partial charge in [-0.25, -0.2) is 23.6 Å². The molecule has 0 radical (unpaired) electrons. The molecule has 24 nitrogen and oxygen atoms in total. The Labute approximate surface area is 669 Å². The summed E-state index contributed by atoms with van der Waals surface area (Å²) in [6.45, 7) is 27.7. The van der Waals surface area contributed by atoms with E-state index in [0.29, 0.717) is 105 Å². The second-order valence-corrected chi connectivity index (χ2v) is 29.2. The second-order valence-electron chi connectivity index (χ2n) is 26.3. The number of fused-ring (bicyclic) bond motifs is 5. The number of carbonyl (C=O) groups excluding carboxylic acids is 9. The Kier molecular flexibility index (Phi) is 44.4. The van der Waals surface area contributed by atoms with Crippen LogP contribution >= 0.6 is 45.4 Å². The van der Waals surface area contributed by atoms with Crippen LogP contribution < -0.4 is 37.7 Å². The highest BCUT2D eigenvalue weighted by Gasteiger charge is 2.37. The van der Waals surface area contributed by atoms with E-state index in [4.69, 9.17) is 64.0 Å². The number of aryl methyl sites for hydroxylation is 4. The number of hydrogen-bond acceptors (Lipinski definition) is 22. The number of ketones is 4. The predicted octanol–water partition coefficient (Wildman–Crippen LogP) is 13.0. The average molecular weight is 1630 g/mol. The molecule has 4 bridgehead atoms. The number of amides is 2. The first kappa shape index (κ1) is 97.3. The number of benzene rings is 3. The van der Waals surface area contributed by atoms with Crippen LogP contribution in [0.3, 0.4) is 0 Å². The lowest BCUT2D eigenvalue weighted by atomic mass is 9.86. The number of nitrogens with zero attached hydrogens (tertiary/aromatic N) is 4. The first-order valence-electron chi connectivity index (χ1n) is 35.9. The lowest BCUT2D eigenvalue weighted by Crippen LogP contribution is -2.46. The smallest absolute Gasteiger partial charge is 0.340 e. The summed E-state index contributed by atoms with van der Waals surface area (Å²) in [5.74, 6) is -4.02. The van der Waals surface area contributed by atoms with E-state index in [9.17, 15) is 52.8 Å². The zero-order chi connectivity index (χ0) is 83.3. The molecule has 7 rings (SSSR count). The highest BCUT2D eigenvalue weighted by atomic mass is 36.0. The molecule has 4 atom stereocenters. The molecule has 3 aromatic carbocycles. The zero-order valence-electron chi connectivity index (χ0n) is 66.3. The SMILES string of the molecule is CCOC(=O)/C=C(\C)N.CCOC(=O)C1=C(C)CC(=O)C=C1C.CCOC(=O)c1c(C)cc(Cl)nc1C.Cc1cc(-c2ccc(C(C)(C)C)cc2)nc(C)c1C(=O)C[C@@H](CCN)C(=O)N(C)[C@@H]1C(=O)C[C@@H](C)C(=O)N[C@H](C(=O)CCC#N)Cc2ccc(OCCN)c(c2)-c2cc1ccc2OCCN.Cl.O=S(Cl)Cl.[2H]CF. The van der Waals surface area contributed by atoms with Crippen molar-refractivity contribution in [1.82, 2.24) is 20.2 Å². The van der Waals surface area contributed by atoms with E-state index in [1.807, 2.05) is 44.2 Å². The second kappa shape index (κ2) is 50.2. The average Bonchev–Trinajstić information content (AvgIpc) is 0.781. The van der Waals surface area contributed by atoms with Crippen LogP contribution in [0.15, 0.2) is 107 Å². The molecule has 0 saturated heterocycles. The summed E-state index contributed by atoms with van der Waals surface area (Å²) in [5.41, 5.74) is 34.1. The van der Waals surface area contributed by atoms with Gasteiger partial charge in [-0.05, 0) is 170 Å². The summed E-state index contributed by atoms with van der Waals surface area (Å²) < 4.78 is 51.2. The van der Waals surface area contributed by atoms with Gasteiger partial charge in [-0.2, -0.15) is 5.26 Å². The van der Waals surface area contributed by atoms with Crippen LogP contribution in [-0.4, -0.2) is 145 Å². The molecule has 602 valence electrons. The fourth-order valence-corrected chi connectivity index (χ4v) is 12.1. The number of pyridine rings is 2. The Morgan fingerprint density at radius 3 is 1.85 bits per heavy atom. The van der Waals surface area contributed by atoms with Crippen LogP contribution in [0, 0.1) is 50.9 Å². The Hall–Kier alpha value is -8.78. The van der Waals surface area contributed by atoms with Crippen LogP contribution in [0.1, 0.15) is 175 Å². The van der Waals surface area contributed by atoms with Crippen molar-refractivity contribution in [3.8, 4) is 40.0 Å². The lowest BCUT2D eigenvalue weighted by molar-refractivity contribution is -0.142. The number of hydrogen-bond donors (Lipinski definition) is 5. The number of ether oxygens (including phenoxy) is 5. The van der Waals surface area contributed by atoms with Gasteiger partial charge in [0.15, 0.2) is 23.1 Å². The van der Waals surface area contributed by atoms with E-state index in [-0.39, 0.29) is 124 Å². The van der Waals surface area contributed by atoms with Crippen LogP contribution in [0.5, 0.6) is 11.5 Å². The Morgan fingerprint density at radius 2 is 1.35 bits per heavy atom. The van der Waals surface area contributed by atoms with Gasteiger partial charge in [-0.3, -0.25) is 38.1 Å².